The molecule has 0 aromatic heterocycles. The van der Waals surface area contributed by atoms with Crippen molar-refractivity contribution in [2.45, 2.75) is 11.8 Å². The van der Waals surface area contributed by atoms with Crippen molar-refractivity contribution in [1.29, 1.82) is 0 Å². The first kappa shape index (κ1) is 12.6. The highest BCUT2D eigenvalue weighted by Crippen LogP contribution is 2.43. The SMILES string of the molecule is O=C1c2ccccc2C2(c3ccccc3)NCC(O)CN12. The van der Waals surface area contributed by atoms with Gasteiger partial charge in [0.1, 0.15) is 5.66 Å². The van der Waals surface area contributed by atoms with E-state index in [-0.39, 0.29) is 5.91 Å². The quantitative estimate of drug-likeness (QED) is 0.828. The van der Waals surface area contributed by atoms with E-state index in [1.165, 1.54) is 0 Å². The normalized spacial score (nSPS) is 27.4. The number of aliphatic hydroxyl groups is 1. The third-order valence-corrected chi connectivity index (χ3v) is 4.38. The number of carbonyl (C=O) groups is 1. The molecule has 2 atom stereocenters. The maximum Gasteiger partial charge on any atom is 0.256 e. The Morgan fingerprint density at radius 2 is 1.81 bits per heavy atom. The lowest BCUT2D eigenvalue weighted by atomic mass is 9.89. The van der Waals surface area contributed by atoms with E-state index in [0.717, 1.165) is 11.1 Å². The molecule has 0 radical (unpaired) electrons. The molecular weight excluding hydrogens is 264 g/mol. The summed E-state index contributed by atoms with van der Waals surface area (Å²) in [7, 11) is 0. The molecule has 2 aromatic carbocycles. The molecule has 0 saturated carbocycles. The zero-order valence-electron chi connectivity index (χ0n) is 11.5. The van der Waals surface area contributed by atoms with Gasteiger partial charge in [0.25, 0.3) is 5.91 Å². The minimum atomic E-state index is -0.659. The number of nitrogens with zero attached hydrogens (tertiary/aromatic N) is 1. The summed E-state index contributed by atoms with van der Waals surface area (Å²) in [6.07, 6.45) is -0.542. The Balaban J connectivity index is 1.98. The molecule has 1 fully saturated rings. The van der Waals surface area contributed by atoms with Crippen LogP contribution < -0.4 is 5.32 Å². The highest BCUT2D eigenvalue weighted by molar-refractivity contribution is 6.00. The number of carbonyl (C=O) groups excluding carboxylic acids is 1. The molecule has 21 heavy (non-hydrogen) atoms. The first-order valence-corrected chi connectivity index (χ1v) is 7.13. The number of benzene rings is 2. The Kier molecular flexibility index (Phi) is 2.64. The fraction of sp³-hybridized carbons (Fsp3) is 0.235. The van der Waals surface area contributed by atoms with Crippen LogP contribution in [0.4, 0.5) is 0 Å². The summed E-state index contributed by atoms with van der Waals surface area (Å²) < 4.78 is 0. The summed E-state index contributed by atoms with van der Waals surface area (Å²) in [5, 5.41) is 13.4. The van der Waals surface area contributed by atoms with Crippen LogP contribution in [0, 0.1) is 0 Å². The van der Waals surface area contributed by atoms with Gasteiger partial charge in [0.15, 0.2) is 0 Å². The van der Waals surface area contributed by atoms with Gasteiger partial charge in [0.05, 0.1) is 12.6 Å². The van der Waals surface area contributed by atoms with Crippen LogP contribution in [0.25, 0.3) is 0 Å². The number of amides is 1. The molecule has 4 rings (SSSR count). The van der Waals surface area contributed by atoms with Gasteiger partial charge in [0, 0.05) is 17.7 Å². The fourth-order valence-electron chi connectivity index (χ4n) is 3.47. The minimum Gasteiger partial charge on any atom is -0.390 e. The van der Waals surface area contributed by atoms with Crippen molar-refractivity contribution in [2.24, 2.45) is 0 Å². The molecule has 1 saturated heterocycles. The molecule has 2 N–H and O–H groups in total. The monoisotopic (exact) mass is 280 g/mol. The van der Waals surface area contributed by atoms with Crippen LogP contribution in [-0.2, 0) is 5.66 Å². The predicted molar refractivity (Wildman–Crippen MR) is 78.7 cm³/mol. The Bertz CT molecular complexity index is 701. The van der Waals surface area contributed by atoms with Gasteiger partial charge >= 0.3 is 0 Å². The van der Waals surface area contributed by atoms with Gasteiger partial charge in [0.2, 0.25) is 0 Å². The molecule has 1 amide bonds. The largest absolute Gasteiger partial charge is 0.390 e. The molecular formula is C17H16N2O2. The van der Waals surface area contributed by atoms with Crippen molar-refractivity contribution < 1.29 is 9.90 Å². The van der Waals surface area contributed by atoms with E-state index in [1.54, 1.807) is 4.90 Å². The van der Waals surface area contributed by atoms with E-state index in [9.17, 15) is 9.90 Å². The van der Waals surface area contributed by atoms with Crippen molar-refractivity contribution in [2.75, 3.05) is 13.1 Å². The molecule has 2 aliphatic rings. The topological polar surface area (TPSA) is 52.6 Å². The predicted octanol–water partition coefficient (Wildman–Crippen LogP) is 1.31. The van der Waals surface area contributed by atoms with Gasteiger partial charge in [-0.3, -0.25) is 10.1 Å². The maximum atomic E-state index is 12.7. The smallest absolute Gasteiger partial charge is 0.256 e. The maximum absolute atomic E-state index is 12.7. The number of fused-ring (bicyclic) bond motifs is 3. The minimum absolute atomic E-state index is 0.0271. The standard InChI is InChI=1S/C17H16N2O2/c20-13-10-18-17(12-6-2-1-3-7-12)15-9-5-4-8-14(15)16(21)19(17)11-13/h1-9,13,18,20H,10-11H2. The van der Waals surface area contributed by atoms with Crippen molar-refractivity contribution in [3.63, 3.8) is 0 Å². The number of hydrogen-bond acceptors (Lipinski definition) is 3. The van der Waals surface area contributed by atoms with Crippen LogP contribution >= 0.6 is 0 Å². The Morgan fingerprint density at radius 3 is 2.62 bits per heavy atom. The van der Waals surface area contributed by atoms with Crippen LogP contribution in [0.15, 0.2) is 54.6 Å². The third-order valence-electron chi connectivity index (χ3n) is 4.38. The summed E-state index contributed by atoms with van der Waals surface area (Å²) in [5.41, 5.74) is 2.04. The first-order chi connectivity index (χ1) is 10.2. The summed E-state index contributed by atoms with van der Waals surface area (Å²) in [4.78, 5) is 14.5. The van der Waals surface area contributed by atoms with Gasteiger partial charge in [-0.25, -0.2) is 0 Å². The summed E-state index contributed by atoms with van der Waals surface area (Å²) in [6, 6.07) is 17.6. The molecule has 4 nitrogen and oxygen atoms in total. The molecule has 2 unspecified atom stereocenters. The highest BCUT2D eigenvalue weighted by Gasteiger charge is 2.53. The second-order valence-electron chi connectivity index (χ2n) is 5.57. The number of hydrogen-bond donors (Lipinski definition) is 2. The molecule has 2 aliphatic heterocycles. The lowest BCUT2D eigenvalue weighted by molar-refractivity contribution is 0.00303. The highest BCUT2D eigenvalue weighted by atomic mass is 16.3. The van der Waals surface area contributed by atoms with Crippen LogP contribution in [-0.4, -0.2) is 35.1 Å². The first-order valence-electron chi connectivity index (χ1n) is 7.13. The average Bonchev–Trinajstić information content (AvgIpc) is 2.79. The van der Waals surface area contributed by atoms with Crippen LogP contribution in [0.2, 0.25) is 0 Å². The van der Waals surface area contributed by atoms with E-state index >= 15 is 0 Å². The molecule has 2 heterocycles. The van der Waals surface area contributed by atoms with E-state index in [0.29, 0.717) is 18.7 Å². The average molecular weight is 280 g/mol. The van der Waals surface area contributed by atoms with Crippen molar-refractivity contribution >= 4 is 5.91 Å². The lowest BCUT2D eigenvalue weighted by Gasteiger charge is -2.45. The van der Waals surface area contributed by atoms with Gasteiger partial charge in [-0.1, -0.05) is 48.5 Å². The van der Waals surface area contributed by atoms with Crippen molar-refractivity contribution in [1.82, 2.24) is 10.2 Å². The van der Waals surface area contributed by atoms with E-state index in [1.807, 2.05) is 54.6 Å². The number of aliphatic hydroxyl groups excluding tert-OH is 1. The molecule has 0 bridgehead atoms. The van der Waals surface area contributed by atoms with Crippen molar-refractivity contribution in [3.8, 4) is 0 Å². The van der Waals surface area contributed by atoms with Crippen molar-refractivity contribution in [3.05, 3.63) is 71.3 Å². The second-order valence-corrected chi connectivity index (χ2v) is 5.57. The van der Waals surface area contributed by atoms with Gasteiger partial charge < -0.3 is 10.0 Å². The molecule has 106 valence electrons. The van der Waals surface area contributed by atoms with E-state index < -0.39 is 11.8 Å². The van der Waals surface area contributed by atoms with Crippen LogP contribution in [0.3, 0.4) is 0 Å². The zero-order valence-corrected chi connectivity index (χ0v) is 11.5. The Labute approximate surface area is 123 Å². The van der Waals surface area contributed by atoms with E-state index in [4.69, 9.17) is 0 Å². The van der Waals surface area contributed by atoms with Gasteiger partial charge in [-0.05, 0) is 11.6 Å². The third kappa shape index (κ3) is 1.60. The number of nitrogens with one attached hydrogen (secondary N) is 1. The molecule has 0 aliphatic carbocycles. The Morgan fingerprint density at radius 1 is 1.10 bits per heavy atom. The van der Waals surface area contributed by atoms with Gasteiger partial charge in [-0.2, -0.15) is 0 Å². The second kappa shape index (κ2) is 4.41. The Hall–Kier alpha value is -2.17. The molecule has 4 heteroatoms. The summed E-state index contributed by atoms with van der Waals surface area (Å²) in [5.74, 6) is -0.0271. The number of β-amino-alcohol motifs (C(OH)–C–C–N with tert-alkyl or cyclic N) is 1. The van der Waals surface area contributed by atoms with Crippen LogP contribution in [0.1, 0.15) is 21.5 Å². The van der Waals surface area contributed by atoms with Gasteiger partial charge in [-0.15, -0.1) is 0 Å². The lowest BCUT2D eigenvalue weighted by Crippen LogP contribution is -2.63. The molecule has 0 spiro atoms. The summed E-state index contributed by atoms with van der Waals surface area (Å²) in [6.45, 7) is 0.808. The summed E-state index contributed by atoms with van der Waals surface area (Å²) >= 11 is 0. The van der Waals surface area contributed by atoms with Crippen LogP contribution in [0.5, 0.6) is 0 Å². The molecule has 2 aromatic rings. The number of rotatable bonds is 1. The van der Waals surface area contributed by atoms with E-state index in [2.05, 4.69) is 5.32 Å². The fourth-order valence-corrected chi connectivity index (χ4v) is 3.47. The zero-order chi connectivity index (χ0) is 14.4.